The van der Waals surface area contributed by atoms with Crippen LogP contribution in [-0.4, -0.2) is 55.8 Å². The summed E-state index contributed by atoms with van der Waals surface area (Å²) >= 11 is 0. The van der Waals surface area contributed by atoms with E-state index in [1.807, 2.05) is 14.1 Å². The highest BCUT2D eigenvalue weighted by molar-refractivity contribution is 5.80. The van der Waals surface area contributed by atoms with Gasteiger partial charge in [0.05, 0.1) is 12.6 Å². The molecular formula is C16H26N4O. The Balaban J connectivity index is 2.06. The molecule has 21 heavy (non-hydrogen) atoms. The number of hydrogen-bond acceptors (Lipinski definition) is 3. The number of anilines is 1. The molecule has 1 aliphatic heterocycles. The molecule has 0 saturated carbocycles. The van der Waals surface area contributed by atoms with Crippen LogP contribution in [0.4, 0.5) is 5.69 Å². The second kappa shape index (κ2) is 7.31. The molecule has 0 spiro atoms. The van der Waals surface area contributed by atoms with Crippen molar-refractivity contribution in [3.63, 3.8) is 0 Å². The van der Waals surface area contributed by atoms with Gasteiger partial charge in [0.25, 0.3) is 0 Å². The monoisotopic (exact) mass is 290 g/mol. The first-order chi connectivity index (χ1) is 10.1. The van der Waals surface area contributed by atoms with Gasteiger partial charge < -0.3 is 20.2 Å². The second-order valence-corrected chi connectivity index (χ2v) is 5.62. The summed E-state index contributed by atoms with van der Waals surface area (Å²) in [5.41, 5.74) is 2.38. The van der Waals surface area contributed by atoms with Gasteiger partial charge in [-0.3, -0.25) is 0 Å². The largest absolute Gasteiger partial charge is 0.391 e. The third-order valence-electron chi connectivity index (χ3n) is 3.64. The lowest BCUT2D eigenvalue weighted by atomic mass is 10.2. The minimum Gasteiger partial charge on any atom is -0.391 e. The quantitative estimate of drug-likeness (QED) is 0.648. The molecule has 2 N–H and O–H groups in total. The average Bonchev–Trinajstić information content (AvgIpc) is 2.90. The van der Waals surface area contributed by atoms with Crippen LogP contribution in [0.2, 0.25) is 0 Å². The van der Waals surface area contributed by atoms with Crippen molar-refractivity contribution in [3.05, 3.63) is 29.8 Å². The minimum absolute atomic E-state index is 0.231. The molecule has 0 unspecified atom stereocenters. The predicted molar refractivity (Wildman–Crippen MR) is 87.8 cm³/mol. The minimum atomic E-state index is -0.231. The van der Waals surface area contributed by atoms with E-state index in [2.05, 4.69) is 46.3 Å². The molecule has 0 radical (unpaired) electrons. The molecule has 116 valence electrons. The van der Waals surface area contributed by atoms with E-state index in [0.717, 1.165) is 25.5 Å². The molecule has 2 rings (SSSR count). The number of rotatable bonds is 4. The fraction of sp³-hybridized carbons (Fsp3) is 0.562. The third-order valence-corrected chi connectivity index (χ3v) is 3.64. The van der Waals surface area contributed by atoms with Crippen molar-refractivity contribution >= 4 is 11.6 Å². The summed E-state index contributed by atoms with van der Waals surface area (Å²) in [7, 11) is 4.08. The van der Waals surface area contributed by atoms with E-state index in [9.17, 15) is 5.11 Å². The van der Waals surface area contributed by atoms with Gasteiger partial charge >= 0.3 is 0 Å². The molecular weight excluding hydrogens is 264 g/mol. The molecule has 1 aliphatic rings. The van der Waals surface area contributed by atoms with Crippen molar-refractivity contribution < 1.29 is 5.11 Å². The van der Waals surface area contributed by atoms with Gasteiger partial charge in [-0.25, -0.2) is 4.99 Å². The zero-order chi connectivity index (χ0) is 15.2. The molecule has 1 aromatic carbocycles. The third kappa shape index (κ3) is 4.36. The molecule has 1 atom stereocenters. The topological polar surface area (TPSA) is 51.1 Å². The normalized spacial score (nSPS) is 19.0. The highest BCUT2D eigenvalue weighted by atomic mass is 16.3. The first-order valence-corrected chi connectivity index (χ1v) is 7.57. The second-order valence-electron chi connectivity index (χ2n) is 5.62. The van der Waals surface area contributed by atoms with Gasteiger partial charge in [-0.1, -0.05) is 12.1 Å². The number of aliphatic hydroxyl groups is 1. The maximum absolute atomic E-state index is 9.67. The number of hydrogen-bond donors (Lipinski definition) is 2. The van der Waals surface area contributed by atoms with Crippen LogP contribution in [0.1, 0.15) is 18.9 Å². The number of guanidine groups is 1. The lowest BCUT2D eigenvalue weighted by Gasteiger charge is -2.21. The summed E-state index contributed by atoms with van der Waals surface area (Å²) in [5.74, 6) is 0.893. The zero-order valence-electron chi connectivity index (χ0n) is 13.2. The Kier molecular flexibility index (Phi) is 5.44. The number of likely N-dealkylation sites (tertiary alicyclic amines) is 1. The van der Waals surface area contributed by atoms with Crippen LogP contribution in [-0.2, 0) is 6.54 Å². The van der Waals surface area contributed by atoms with E-state index in [1.165, 1.54) is 11.3 Å². The average molecular weight is 290 g/mol. The molecule has 5 heteroatoms. The van der Waals surface area contributed by atoms with Crippen molar-refractivity contribution in [2.75, 3.05) is 38.6 Å². The lowest BCUT2D eigenvalue weighted by Crippen LogP contribution is -2.40. The molecule has 1 aromatic rings. The van der Waals surface area contributed by atoms with E-state index >= 15 is 0 Å². The zero-order valence-corrected chi connectivity index (χ0v) is 13.2. The summed E-state index contributed by atoms with van der Waals surface area (Å²) < 4.78 is 0. The molecule has 1 fully saturated rings. The molecule has 0 aliphatic carbocycles. The van der Waals surface area contributed by atoms with Crippen molar-refractivity contribution in [3.8, 4) is 0 Å². The van der Waals surface area contributed by atoms with Crippen LogP contribution >= 0.6 is 0 Å². The fourth-order valence-corrected chi connectivity index (χ4v) is 2.46. The SMILES string of the molecule is CCNC(=NCc1cccc(N(C)C)c1)N1CC[C@@H](O)C1. The van der Waals surface area contributed by atoms with Crippen molar-refractivity contribution in [2.24, 2.45) is 4.99 Å². The maximum atomic E-state index is 9.67. The molecule has 0 amide bonds. The summed E-state index contributed by atoms with van der Waals surface area (Å²) in [6.45, 7) is 5.09. The van der Waals surface area contributed by atoms with Crippen molar-refractivity contribution in [1.29, 1.82) is 0 Å². The lowest BCUT2D eigenvalue weighted by molar-refractivity contribution is 0.188. The van der Waals surface area contributed by atoms with Crippen LogP contribution in [0.5, 0.6) is 0 Å². The molecule has 1 heterocycles. The molecule has 1 saturated heterocycles. The van der Waals surface area contributed by atoms with Gasteiger partial charge in [-0.05, 0) is 31.0 Å². The number of nitrogens with one attached hydrogen (secondary N) is 1. The van der Waals surface area contributed by atoms with E-state index in [0.29, 0.717) is 13.1 Å². The summed E-state index contributed by atoms with van der Waals surface area (Å²) in [4.78, 5) is 8.92. The Hall–Kier alpha value is -1.75. The Bertz CT molecular complexity index is 487. The van der Waals surface area contributed by atoms with Gasteiger partial charge in [0, 0.05) is 39.4 Å². The standard InChI is InChI=1S/C16H26N4O/c1-4-17-16(20-9-8-15(21)12-20)18-11-13-6-5-7-14(10-13)19(2)3/h5-7,10,15,21H,4,8-9,11-12H2,1-3H3,(H,17,18)/t15-/m1/s1. The first kappa shape index (κ1) is 15.6. The van der Waals surface area contributed by atoms with Gasteiger partial charge in [-0.2, -0.15) is 0 Å². The number of aliphatic imine (C=N–C) groups is 1. The van der Waals surface area contributed by atoms with Crippen LogP contribution in [0.3, 0.4) is 0 Å². The first-order valence-electron chi connectivity index (χ1n) is 7.57. The van der Waals surface area contributed by atoms with Gasteiger partial charge in [0.1, 0.15) is 0 Å². The Morgan fingerprint density at radius 2 is 2.29 bits per heavy atom. The fourth-order valence-electron chi connectivity index (χ4n) is 2.46. The summed E-state index contributed by atoms with van der Waals surface area (Å²) in [6, 6.07) is 8.41. The van der Waals surface area contributed by atoms with Crippen molar-refractivity contribution in [2.45, 2.75) is 26.0 Å². The number of β-amino-alcohol motifs (C(OH)–C–C–N with tert-alkyl or cyclic N) is 1. The van der Waals surface area contributed by atoms with Gasteiger partial charge in [0.15, 0.2) is 5.96 Å². The summed E-state index contributed by atoms with van der Waals surface area (Å²) in [6.07, 6.45) is 0.589. The van der Waals surface area contributed by atoms with Crippen molar-refractivity contribution in [1.82, 2.24) is 10.2 Å². The molecule has 0 aromatic heterocycles. The highest BCUT2D eigenvalue weighted by Gasteiger charge is 2.22. The van der Waals surface area contributed by atoms with Gasteiger partial charge in [0.2, 0.25) is 0 Å². The highest BCUT2D eigenvalue weighted by Crippen LogP contribution is 2.15. The molecule has 5 nitrogen and oxygen atoms in total. The van der Waals surface area contributed by atoms with E-state index < -0.39 is 0 Å². The number of aliphatic hydroxyl groups excluding tert-OH is 1. The van der Waals surface area contributed by atoms with Crippen LogP contribution in [0, 0.1) is 0 Å². The van der Waals surface area contributed by atoms with E-state index in [1.54, 1.807) is 0 Å². The Morgan fingerprint density at radius 3 is 2.90 bits per heavy atom. The van der Waals surface area contributed by atoms with E-state index in [4.69, 9.17) is 4.99 Å². The summed E-state index contributed by atoms with van der Waals surface area (Å²) in [5, 5.41) is 13.0. The predicted octanol–water partition coefficient (Wildman–Crippen LogP) is 1.28. The van der Waals surface area contributed by atoms with Crippen LogP contribution in [0.15, 0.2) is 29.3 Å². The maximum Gasteiger partial charge on any atom is 0.194 e. The number of benzene rings is 1. The molecule has 0 bridgehead atoms. The smallest absolute Gasteiger partial charge is 0.194 e. The Morgan fingerprint density at radius 1 is 1.48 bits per heavy atom. The Labute approximate surface area is 127 Å². The van der Waals surface area contributed by atoms with Crippen LogP contribution < -0.4 is 10.2 Å². The number of nitrogens with zero attached hydrogens (tertiary/aromatic N) is 3. The van der Waals surface area contributed by atoms with Gasteiger partial charge in [-0.15, -0.1) is 0 Å². The van der Waals surface area contributed by atoms with E-state index in [-0.39, 0.29) is 6.10 Å². The van der Waals surface area contributed by atoms with Crippen LogP contribution in [0.25, 0.3) is 0 Å².